The van der Waals surface area contributed by atoms with E-state index in [1.807, 2.05) is 38.3 Å². The summed E-state index contributed by atoms with van der Waals surface area (Å²) in [5, 5.41) is 10.1. The third-order valence-electron chi connectivity index (χ3n) is 2.64. The van der Waals surface area contributed by atoms with Crippen LogP contribution in [0.2, 0.25) is 0 Å². The molecule has 1 heterocycles. The molecule has 1 aromatic carbocycles. The molecule has 0 saturated carbocycles. The molecule has 1 aromatic heterocycles. The second-order valence-electron chi connectivity index (χ2n) is 3.74. The number of halogens is 1. The van der Waals surface area contributed by atoms with E-state index in [9.17, 15) is 5.11 Å². The molecule has 2 rings (SSSR count). The molecule has 0 unspecified atom stereocenters. The standard InChI is InChI=1S/C13H13BrN2O2S.C2H6/c1-18-12-11(6-15-13(16-12)19-2)10-4-3-9(14)5-8(10)7-17;1-2/h3-6,17H,7H2,1-2H3;1-2H3. The highest BCUT2D eigenvalue weighted by Crippen LogP contribution is 2.32. The molecule has 0 radical (unpaired) electrons. The Kier molecular flexibility index (Phi) is 7.71. The molecule has 2 aromatic rings. The molecule has 0 aliphatic carbocycles. The Hall–Kier alpha value is -1.11. The number of ether oxygens (including phenoxy) is 1. The van der Waals surface area contributed by atoms with Gasteiger partial charge in [0.15, 0.2) is 5.16 Å². The number of hydrogen-bond acceptors (Lipinski definition) is 5. The molecule has 0 amide bonds. The highest BCUT2D eigenvalue weighted by atomic mass is 79.9. The normalized spacial score (nSPS) is 9.81. The zero-order valence-corrected chi connectivity index (χ0v) is 15.0. The largest absolute Gasteiger partial charge is 0.480 e. The molecule has 0 atom stereocenters. The van der Waals surface area contributed by atoms with Gasteiger partial charge in [0.05, 0.1) is 19.3 Å². The van der Waals surface area contributed by atoms with Crippen molar-refractivity contribution in [3.8, 4) is 17.0 Å². The van der Waals surface area contributed by atoms with Gasteiger partial charge in [-0.3, -0.25) is 0 Å². The predicted molar refractivity (Wildman–Crippen MR) is 90.8 cm³/mol. The molecule has 6 heteroatoms. The number of aliphatic hydroxyl groups is 1. The van der Waals surface area contributed by atoms with Gasteiger partial charge in [-0.1, -0.05) is 47.6 Å². The Bertz CT molecular complexity index is 594. The van der Waals surface area contributed by atoms with E-state index >= 15 is 0 Å². The first-order valence-corrected chi connectivity index (χ1v) is 8.56. The van der Waals surface area contributed by atoms with Crippen molar-refractivity contribution in [2.24, 2.45) is 0 Å². The number of benzene rings is 1. The average molecular weight is 371 g/mol. The van der Waals surface area contributed by atoms with E-state index in [4.69, 9.17) is 4.74 Å². The second kappa shape index (κ2) is 9.02. The van der Waals surface area contributed by atoms with Crippen LogP contribution in [0.25, 0.3) is 11.1 Å². The zero-order valence-electron chi connectivity index (χ0n) is 12.6. The lowest BCUT2D eigenvalue weighted by atomic mass is 10.0. The monoisotopic (exact) mass is 370 g/mol. The lowest BCUT2D eigenvalue weighted by molar-refractivity contribution is 0.282. The number of hydrogen-bond donors (Lipinski definition) is 1. The number of aliphatic hydroxyl groups excluding tert-OH is 1. The average Bonchev–Trinajstić information content (AvgIpc) is 2.56. The van der Waals surface area contributed by atoms with E-state index in [0.29, 0.717) is 11.0 Å². The van der Waals surface area contributed by atoms with Gasteiger partial charge >= 0.3 is 0 Å². The minimum atomic E-state index is -0.0534. The number of methoxy groups -OCH3 is 1. The van der Waals surface area contributed by atoms with Gasteiger partial charge in [0, 0.05) is 10.7 Å². The number of thioether (sulfide) groups is 1. The lowest BCUT2D eigenvalue weighted by Crippen LogP contribution is -1.98. The van der Waals surface area contributed by atoms with Crippen LogP contribution >= 0.6 is 27.7 Å². The lowest BCUT2D eigenvalue weighted by Gasteiger charge is -2.11. The summed E-state index contributed by atoms with van der Waals surface area (Å²) in [6, 6.07) is 5.70. The third kappa shape index (κ3) is 4.43. The molecule has 0 spiro atoms. The first kappa shape index (κ1) is 17.9. The van der Waals surface area contributed by atoms with Crippen molar-refractivity contribution in [3.05, 3.63) is 34.4 Å². The molecule has 0 aliphatic heterocycles. The Balaban J connectivity index is 0.00000106. The van der Waals surface area contributed by atoms with Crippen LogP contribution in [0, 0.1) is 0 Å². The summed E-state index contributed by atoms with van der Waals surface area (Å²) >= 11 is 4.85. The van der Waals surface area contributed by atoms with E-state index in [1.54, 1.807) is 13.3 Å². The maximum Gasteiger partial charge on any atom is 0.225 e. The fraction of sp³-hybridized carbons (Fsp3) is 0.333. The van der Waals surface area contributed by atoms with E-state index in [0.717, 1.165) is 21.2 Å². The summed E-state index contributed by atoms with van der Waals surface area (Å²) in [6.45, 7) is 3.95. The summed E-state index contributed by atoms with van der Waals surface area (Å²) in [4.78, 5) is 8.58. The van der Waals surface area contributed by atoms with Gasteiger partial charge in [-0.25, -0.2) is 4.98 Å². The third-order valence-corrected chi connectivity index (χ3v) is 3.69. The molecule has 114 valence electrons. The highest BCUT2D eigenvalue weighted by molar-refractivity contribution is 9.10. The number of nitrogens with zero attached hydrogens (tertiary/aromatic N) is 2. The van der Waals surface area contributed by atoms with Crippen molar-refractivity contribution >= 4 is 27.7 Å². The van der Waals surface area contributed by atoms with Crippen LogP contribution < -0.4 is 4.74 Å². The SMILES string of the molecule is CC.COc1nc(SC)ncc1-c1ccc(Br)cc1CO. The molecule has 0 fully saturated rings. The quantitative estimate of drug-likeness (QED) is 0.646. The molecular formula is C15H19BrN2O2S. The van der Waals surface area contributed by atoms with Crippen LogP contribution in [0.3, 0.4) is 0 Å². The van der Waals surface area contributed by atoms with E-state index in [1.165, 1.54) is 11.8 Å². The van der Waals surface area contributed by atoms with Gasteiger partial charge in [0.25, 0.3) is 0 Å². The summed E-state index contributed by atoms with van der Waals surface area (Å²) < 4.78 is 6.23. The second-order valence-corrected chi connectivity index (χ2v) is 5.43. The molecule has 0 aliphatic rings. The van der Waals surface area contributed by atoms with Gasteiger partial charge in [-0.05, 0) is 29.5 Å². The van der Waals surface area contributed by atoms with Crippen molar-refractivity contribution in [2.75, 3.05) is 13.4 Å². The minimum Gasteiger partial charge on any atom is -0.480 e. The van der Waals surface area contributed by atoms with Gasteiger partial charge in [0.1, 0.15) is 0 Å². The summed E-state index contributed by atoms with van der Waals surface area (Å²) in [7, 11) is 1.58. The molecule has 0 saturated heterocycles. The predicted octanol–water partition coefficient (Wildman–Crippen LogP) is 4.16. The van der Waals surface area contributed by atoms with Crippen molar-refractivity contribution in [3.63, 3.8) is 0 Å². The molecule has 4 nitrogen and oxygen atoms in total. The number of rotatable bonds is 4. The number of aromatic nitrogens is 2. The summed E-state index contributed by atoms with van der Waals surface area (Å²) in [6.07, 6.45) is 3.63. The molecule has 0 bridgehead atoms. The van der Waals surface area contributed by atoms with Crippen molar-refractivity contribution in [1.29, 1.82) is 0 Å². The summed E-state index contributed by atoms with van der Waals surface area (Å²) in [5.41, 5.74) is 2.44. The molecule has 21 heavy (non-hydrogen) atoms. The van der Waals surface area contributed by atoms with Gasteiger partial charge in [-0.2, -0.15) is 4.98 Å². The van der Waals surface area contributed by atoms with Crippen LogP contribution in [0.5, 0.6) is 5.88 Å². The van der Waals surface area contributed by atoms with Gasteiger partial charge in [0.2, 0.25) is 5.88 Å². The molecule has 1 N–H and O–H groups in total. The first-order valence-electron chi connectivity index (χ1n) is 6.54. The first-order chi connectivity index (χ1) is 10.2. The topological polar surface area (TPSA) is 55.2 Å². The Labute approximate surface area is 138 Å². The minimum absolute atomic E-state index is 0.0534. The Morgan fingerprint density at radius 2 is 2.00 bits per heavy atom. The van der Waals surface area contributed by atoms with Crippen molar-refractivity contribution in [1.82, 2.24) is 9.97 Å². The smallest absolute Gasteiger partial charge is 0.225 e. The fourth-order valence-electron chi connectivity index (χ4n) is 1.75. The summed E-state index contributed by atoms with van der Waals surface area (Å²) in [5.74, 6) is 0.511. The van der Waals surface area contributed by atoms with Crippen LogP contribution in [0.4, 0.5) is 0 Å². The van der Waals surface area contributed by atoms with Crippen molar-refractivity contribution < 1.29 is 9.84 Å². The van der Waals surface area contributed by atoms with Crippen LogP contribution in [0.15, 0.2) is 34.0 Å². The zero-order chi connectivity index (χ0) is 15.8. The molecular weight excluding hydrogens is 352 g/mol. The van der Waals surface area contributed by atoms with E-state index < -0.39 is 0 Å². The fourth-order valence-corrected chi connectivity index (χ4v) is 2.49. The van der Waals surface area contributed by atoms with Crippen LogP contribution in [-0.4, -0.2) is 28.4 Å². The Morgan fingerprint density at radius 3 is 2.57 bits per heavy atom. The van der Waals surface area contributed by atoms with Crippen molar-refractivity contribution in [2.45, 2.75) is 25.6 Å². The van der Waals surface area contributed by atoms with E-state index in [-0.39, 0.29) is 6.61 Å². The maximum atomic E-state index is 9.46. The van der Waals surface area contributed by atoms with Gasteiger partial charge < -0.3 is 9.84 Å². The van der Waals surface area contributed by atoms with Gasteiger partial charge in [-0.15, -0.1) is 0 Å². The van der Waals surface area contributed by atoms with Crippen LogP contribution in [-0.2, 0) is 6.61 Å². The Morgan fingerprint density at radius 1 is 1.29 bits per heavy atom. The van der Waals surface area contributed by atoms with Crippen LogP contribution in [0.1, 0.15) is 19.4 Å². The highest BCUT2D eigenvalue weighted by Gasteiger charge is 2.13. The van der Waals surface area contributed by atoms with E-state index in [2.05, 4.69) is 25.9 Å². The maximum absolute atomic E-state index is 9.46.